The number of hydrogen-bond acceptors (Lipinski definition) is 6. The summed E-state index contributed by atoms with van der Waals surface area (Å²) < 4.78 is 11.0. The predicted molar refractivity (Wildman–Crippen MR) is 110 cm³/mol. The SMILES string of the molecule is CN1C(=O)[C@@H](OC(=O)NC(C)(C)C)COc2ccc(C(=O)N3CCC(O)CC3)cc21. The molecular weight excluding hydrogens is 390 g/mol. The van der Waals surface area contributed by atoms with Gasteiger partial charge in [-0.15, -0.1) is 0 Å². The average molecular weight is 419 g/mol. The van der Waals surface area contributed by atoms with Crippen molar-refractivity contribution in [3.8, 4) is 5.75 Å². The lowest BCUT2D eigenvalue weighted by Gasteiger charge is -2.30. The van der Waals surface area contributed by atoms with Crippen LogP contribution in [0.25, 0.3) is 0 Å². The maximum atomic E-state index is 12.8. The van der Waals surface area contributed by atoms with Gasteiger partial charge >= 0.3 is 6.09 Å². The number of piperidine rings is 1. The zero-order valence-electron chi connectivity index (χ0n) is 17.8. The van der Waals surface area contributed by atoms with Crippen molar-refractivity contribution in [2.75, 3.05) is 31.6 Å². The molecule has 0 aliphatic carbocycles. The summed E-state index contributed by atoms with van der Waals surface area (Å²) in [6.07, 6.45) is -1.08. The second kappa shape index (κ2) is 8.51. The number of aliphatic hydroxyl groups is 1. The Kier molecular flexibility index (Phi) is 6.21. The first-order chi connectivity index (χ1) is 14.0. The third-order valence-electron chi connectivity index (χ3n) is 5.04. The molecule has 1 aromatic rings. The second-order valence-corrected chi connectivity index (χ2v) is 8.68. The zero-order valence-corrected chi connectivity index (χ0v) is 17.8. The maximum absolute atomic E-state index is 12.8. The highest BCUT2D eigenvalue weighted by Crippen LogP contribution is 2.32. The number of likely N-dealkylation sites (tertiary alicyclic amines) is 1. The number of alkyl carbamates (subject to hydrolysis) is 1. The Hall–Kier alpha value is -2.81. The summed E-state index contributed by atoms with van der Waals surface area (Å²) in [5.74, 6) is -0.172. The highest BCUT2D eigenvalue weighted by molar-refractivity contribution is 6.01. The van der Waals surface area contributed by atoms with E-state index in [9.17, 15) is 19.5 Å². The van der Waals surface area contributed by atoms with Crippen LogP contribution in [0.4, 0.5) is 10.5 Å². The van der Waals surface area contributed by atoms with Gasteiger partial charge in [-0.1, -0.05) is 0 Å². The first kappa shape index (κ1) is 21.9. The van der Waals surface area contributed by atoms with Gasteiger partial charge in [-0.25, -0.2) is 4.79 Å². The Morgan fingerprint density at radius 3 is 2.53 bits per heavy atom. The molecule has 3 rings (SSSR count). The molecule has 3 amide bonds. The second-order valence-electron chi connectivity index (χ2n) is 8.68. The topological polar surface area (TPSA) is 108 Å². The van der Waals surface area contributed by atoms with Crippen LogP contribution in [0.15, 0.2) is 18.2 Å². The number of carbonyl (C=O) groups excluding carboxylic acids is 3. The summed E-state index contributed by atoms with van der Waals surface area (Å²) in [4.78, 5) is 40.8. The number of hydrogen-bond donors (Lipinski definition) is 2. The number of benzene rings is 1. The normalized spacial score (nSPS) is 20.2. The van der Waals surface area contributed by atoms with E-state index in [1.807, 2.05) is 20.8 Å². The third-order valence-corrected chi connectivity index (χ3v) is 5.04. The van der Waals surface area contributed by atoms with E-state index in [1.54, 1.807) is 30.1 Å². The molecule has 0 radical (unpaired) electrons. The van der Waals surface area contributed by atoms with Crippen molar-refractivity contribution in [2.24, 2.45) is 0 Å². The van der Waals surface area contributed by atoms with Crippen LogP contribution in [0.1, 0.15) is 44.0 Å². The molecule has 2 N–H and O–H groups in total. The quantitative estimate of drug-likeness (QED) is 0.753. The van der Waals surface area contributed by atoms with Crippen molar-refractivity contribution in [2.45, 2.75) is 51.4 Å². The van der Waals surface area contributed by atoms with E-state index >= 15 is 0 Å². The van der Waals surface area contributed by atoms with Gasteiger partial charge in [0.2, 0.25) is 6.10 Å². The molecule has 1 atom stereocenters. The fourth-order valence-electron chi connectivity index (χ4n) is 3.41. The predicted octanol–water partition coefficient (Wildman–Crippen LogP) is 1.53. The van der Waals surface area contributed by atoms with Crippen LogP contribution in [-0.4, -0.2) is 72.4 Å². The summed E-state index contributed by atoms with van der Waals surface area (Å²) in [5, 5.41) is 12.3. The number of carbonyl (C=O) groups is 3. The Labute approximate surface area is 175 Å². The molecule has 2 aliphatic heterocycles. The number of aliphatic hydroxyl groups excluding tert-OH is 1. The van der Waals surface area contributed by atoms with E-state index in [0.29, 0.717) is 42.9 Å². The molecule has 1 saturated heterocycles. The number of amides is 3. The molecule has 164 valence electrons. The molecule has 1 fully saturated rings. The largest absolute Gasteiger partial charge is 0.487 e. The number of fused-ring (bicyclic) bond motifs is 1. The fraction of sp³-hybridized carbons (Fsp3) is 0.571. The minimum atomic E-state index is -1.10. The first-order valence-electron chi connectivity index (χ1n) is 10.1. The van der Waals surface area contributed by atoms with E-state index in [4.69, 9.17) is 9.47 Å². The average Bonchev–Trinajstić information content (AvgIpc) is 2.78. The monoisotopic (exact) mass is 419 g/mol. The van der Waals surface area contributed by atoms with Crippen molar-refractivity contribution in [1.29, 1.82) is 0 Å². The van der Waals surface area contributed by atoms with Crippen LogP contribution < -0.4 is 15.0 Å². The number of nitrogens with one attached hydrogen (secondary N) is 1. The summed E-state index contributed by atoms with van der Waals surface area (Å²) >= 11 is 0. The number of ether oxygens (including phenoxy) is 2. The molecule has 0 spiro atoms. The summed E-state index contributed by atoms with van der Waals surface area (Å²) in [7, 11) is 1.55. The summed E-state index contributed by atoms with van der Waals surface area (Å²) in [6.45, 7) is 6.28. The van der Waals surface area contributed by atoms with E-state index in [1.165, 1.54) is 4.90 Å². The fourth-order valence-corrected chi connectivity index (χ4v) is 3.41. The molecule has 0 bridgehead atoms. The van der Waals surface area contributed by atoms with Crippen molar-refractivity contribution in [1.82, 2.24) is 10.2 Å². The lowest BCUT2D eigenvalue weighted by atomic mass is 10.1. The smallest absolute Gasteiger partial charge is 0.408 e. The molecule has 1 aromatic carbocycles. The molecule has 9 nitrogen and oxygen atoms in total. The van der Waals surface area contributed by atoms with Gasteiger partial charge in [0, 0.05) is 31.2 Å². The van der Waals surface area contributed by atoms with Crippen molar-refractivity contribution < 1.29 is 29.0 Å². The Morgan fingerprint density at radius 2 is 1.90 bits per heavy atom. The highest BCUT2D eigenvalue weighted by atomic mass is 16.6. The number of nitrogens with zero attached hydrogens (tertiary/aromatic N) is 2. The standard InChI is InChI=1S/C21H29N3O6/c1-21(2,3)22-20(28)30-17-12-29-16-6-5-13(11-15(16)23(4)19(17)27)18(26)24-9-7-14(25)8-10-24/h5-6,11,14,17,25H,7-10,12H2,1-4H3,(H,22,28)/t17-/m0/s1. The van der Waals surface area contributed by atoms with Crippen molar-refractivity contribution >= 4 is 23.6 Å². The highest BCUT2D eigenvalue weighted by Gasteiger charge is 2.34. The van der Waals surface area contributed by atoms with Gasteiger partial charge in [0.05, 0.1) is 11.8 Å². The molecule has 0 saturated carbocycles. The van der Waals surface area contributed by atoms with Crippen LogP contribution in [0.3, 0.4) is 0 Å². The van der Waals surface area contributed by atoms with Crippen LogP contribution in [0.2, 0.25) is 0 Å². The number of likely N-dealkylation sites (N-methyl/N-ethyl adjacent to an activating group) is 1. The Bertz CT molecular complexity index is 827. The molecule has 30 heavy (non-hydrogen) atoms. The molecule has 0 unspecified atom stereocenters. The lowest BCUT2D eigenvalue weighted by Crippen LogP contribution is -2.47. The van der Waals surface area contributed by atoms with Gasteiger partial charge in [-0.05, 0) is 51.8 Å². The van der Waals surface area contributed by atoms with Gasteiger partial charge in [0.1, 0.15) is 12.4 Å². The number of rotatable bonds is 2. The van der Waals surface area contributed by atoms with Gasteiger partial charge in [-0.2, -0.15) is 0 Å². The molecule has 2 aliphatic rings. The van der Waals surface area contributed by atoms with Crippen LogP contribution in [-0.2, 0) is 9.53 Å². The van der Waals surface area contributed by atoms with Gasteiger partial charge in [-0.3, -0.25) is 9.59 Å². The zero-order chi connectivity index (χ0) is 22.1. The van der Waals surface area contributed by atoms with E-state index in [2.05, 4.69) is 5.32 Å². The minimum Gasteiger partial charge on any atom is -0.487 e. The minimum absolute atomic E-state index is 0.120. The van der Waals surface area contributed by atoms with Crippen LogP contribution >= 0.6 is 0 Å². The third kappa shape index (κ3) is 5.02. The molecule has 2 heterocycles. The lowest BCUT2D eigenvalue weighted by molar-refractivity contribution is -0.127. The van der Waals surface area contributed by atoms with Gasteiger partial charge in [0.15, 0.2) is 0 Å². The van der Waals surface area contributed by atoms with Crippen LogP contribution in [0, 0.1) is 0 Å². The van der Waals surface area contributed by atoms with E-state index < -0.39 is 23.6 Å². The Morgan fingerprint density at radius 1 is 1.23 bits per heavy atom. The van der Waals surface area contributed by atoms with Gasteiger partial charge in [0.25, 0.3) is 11.8 Å². The van der Waals surface area contributed by atoms with E-state index in [-0.39, 0.29) is 18.6 Å². The number of anilines is 1. The molecule has 9 heteroatoms. The maximum Gasteiger partial charge on any atom is 0.408 e. The van der Waals surface area contributed by atoms with Gasteiger partial charge < -0.3 is 29.7 Å². The molecular formula is C21H29N3O6. The van der Waals surface area contributed by atoms with E-state index in [0.717, 1.165) is 0 Å². The van der Waals surface area contributed by atoms with Crippen molar-refractivity contribution in [3.05, 3.63) is 23.8 Å². The summed E-state index contributed by atoms with van der Waals surface area (Å²) in [5.41, 5.74) is 0.365. The molecule has 0 aromatic heterocycles. The van der Waals surface area contributed by atoms with Crippen LogP contribution in [0.5, 0.6) is 5.75 Å². The van der Waals surface area contributed by atoms with Crippen molar-refractivity contribution in [3.63, 3.8) is 0 Å². The summed E-state index contributed by atoms with van der Waals surface area (Å²) in [6, 6.07) is 4.90. The Balaban J connectivity index is 1.74. The first-order valence-corrected chi connectivity index (χ1v) is 10.1.